The van der Waals surface area contributed by atoms with Crippen molar-refractivity contribution in [3.05, 3.63) is 28.3 Å². The van der Waals surface area contributed by atoms with Crippen LogP contribution in [0.1, 0.15) is 0 Å². The molecule has 2 aliphatic rings. The zero-order valence-corrected chi connectivity index (χ0v) is 14.3. The van der Waals surface area contributed by atoms with Crippen molar-refractivity contribution in [1.82, 2.24) is 4.90 Å². The van der Waals surface area contributed by atoms with Crippen LogP contribution < -0.4 is 10.5 Å². The molecule has 11 heteroatoms. The van der Waals surface area contributed by atoms with Crippen molar-refractivity contribution in [2.24, 2.45) is 5.14 Å². The topological polar surface area (TPSA) is 137 Å². The molecule has 138 valence electrons. The Hall–Kier alpha value is -1.79. The quantitative estimate of drug-likeness (QED) is 0.515. The first-order valence-electron chi connectivity index (χ1n) is 7.83. The minimum absolute atomic E-state index is 0.119. The van der Waals surface area contributed by atoms with Gasteiger partial charge in [0.05, 0.1) is 41.8 Å². The lowest BCUT2D eigenvalue weighted by Gasteiger charge is -2.42. The van der Waals surface area contributed by atoms with Gasteiger partial charge in [-0.05, 0) is 12.1 Å². The molecule has 1 aromatic carbocycles. The van der Waals surface area contributed by atoms with Crippen LogP contribution in [0.2, 0.25) is 0 Å². The Bertz CT molecular complexity index is 752. The molecule has 1 aromatic rings. The van der Waals surface area contributed by atoms with E-state index in [0.29, 0.717) is 25.7 Å². The van der Waals surface area contributed by atoms with Crippen LogP contribution in [0.4, 0.5) is 11.4 Å². The van der Waals surface area contributed by atoms with Gasteiger partial charge in [-0.2, -0.15) is 0 Å². The molecule has 2 saturated heterocycles. The maximum absolute atomic E-state index is 11.4. The molecule has 25 heavy (non-hydrogen) atoms. The van der Waals surface area contributed by atoms with Crippen LogP contribution in [0.3, 0.4) is 0 Å². The number of nitrogens with zero attached hydrogens (tertiary/aromatic N) is 2. The van der Waals surface area contributed by atoms with Crippen molar-refractivity contribution < 1.29 is 22.8 Å². The number of primary sulfonamides is 1. The highest BCUT2D eigenvalue weighted by molar-refractivity contribution is 7.89. The van der Waals surface area contributed by atoms with Gasteiger partial charge in [-0.1, -0.05) is 0 Å². The number of morpholine rings is 1. The summed E-state index contributed by atoms with van der Waals surface area (Å²) in [6, 6.07) is 3.95. The summed E-state index contributed by atoms with van der Waals surface area (Å²) in [4.78, 5) is 12.6. The molecular formula is C14H20N4O6S. The largest absolute Gasteiger partial charge is 0.378 e. The van der Waals surface area contributed by atoms with E-state index in [9.17, 15) is 18.5 Å². The fourth-order valence-electron chi connectivity index (χ4n) is 2.84. The van der Waals surface area contributed by atoms with E-state index in [1.807, 2.05) is 0 Å². The Morgan fingerprint density at radius 1 is 1.40 bits per heavy atom. The lowest BCUT2D eigenvalue weighted by atomic mass is 10.1. The molecule has 0 spiro atoms. The van der Waals surface area contributed by atoms with Crippen molar-refractivity contribution >= 4 is 21.4 Å². The summed E-state index contributed by atoms with van der Waals surface area (Å²) in [6.07, 6.45) is -0.119. The molecule has 2 heterocycles. The molecule has 10 nitrogen and oxygen atoms in total. The summed E-state index contributed by atoms with van der Waals surface area (Å²) in [5, 5.41) is 19.2. The summed E-state index contributed by atoms with van der Waals surface area (Å²) >= 11 is 0. The molecule has 0 aromatic heterocycles. The molecule has 3 rings (SSSR count). The predicted molar refractivity (Wildman–Crippen MR) is 88.9 cm³/mol. The van der Waals surface area contributed by atoms with E-state index in [1.165, 1.54) is 12.1 Å². The minimum Gasteiger partial charge on any atom is -0.378 e. The number of nitrogens with one attached hydrogen (secondary N) is 1. The average molecular weight is 372 g/mol. The Morgan fingerprint density at radius 2 is 2.16 bits per heavy atom. The monoisotopic (exact) mass is 372 g/mol. The van der Waals surface area contributed by atoms with Gasteiger partial charge in [-0.15, -0.1) is 0 Å². The molecule has 2 aliphatic heterocycles. The predicted octanol–water partition coefficient (Wildman–Crippen LogP) is -0.246. The Morgan fingerprint density at radius 3 is 2.76 bits per heavy atom. The molecule has 3 N–H and O–H groups in total. The van der Waals surface area contributed by atoms with E-state index in [4.69, 9.17) is 14.6 Å². The molecule has 1 atom stereocenters. The first kappa shape index (κ1) is 18.0. The maximum atomic E-state index is 11.4. The number of nitro groups is 1. The van der Waals surface area contributed by atoms with Gasteiger partial charge in [-0.3, -0.25) is 15.0 Å². The number of nitro benzene ring substituents is 1. The zero-order valence-electron chi connectivity index (χ0n) is 13.5. The molecule has 0 saturated carbocycles. The number of rotatable bonds is 6. The lowest BCUT2D eigenvalue weighted by Crippen LogP contribution is -2.56. The second-order valence-corrected chi connectivity index (χ2v) is 7.60. The summed E-state index contributed by atoms with van der Waals surface area (Å²) < 4.78 is 33.6. The van der Waals surface area contributed by atoms with Gasteiger partial charge in [0.2, 0.25) is 10.0 Å². The highest BCUT2D eigenvalue weighted by Crippen LogP contribution is 2.27. The summed E-state index contributed by atoms with van der Waals surface area (Å²) in [6.45, 7) is 3.97. The minimum atomic E-state index is -4.00. The van der Waals surface area contributed by atoms with Gasteiger partial charge in [0.1, 0.15) is 5.69 Å². The molecule has 2 fully saturated rings. The van der Waals surface area contributed by atoms with Gasteiger partial charge >= 0.3 is 0 Å². The van der Waals surface area contributed by atoms with Crippen molar-refractivity contribution in [1.29, 1.82) is 0 Å². The first-order chi connectivity index (χ1) is 11.8. The summed E-state index contributed by atoms with van der Waals surface area (Å²) in [7, 11) is -4.00. The smallest absolute Gasteiger partial charge is 0.293 e. The van der Waals surface area contributed by atoms with Gasteiger partial charge in [0.25, 0.3) is 5.69 Å². The Kier molecular flexibility index (Phi) is 5.20. The second kappa shape index (κ2) is 7.22. The first-order valence-corrected chi connectivity index (χ1v) is 9.38. The fraction of sp³-hybridized carbons (Fsp3) is 0.571. The maximum Gasteiger partial charge on any atom is 0.293 e. The van der Waals surface area contributed by atoms with Gasteiger partial charge < -0.3 is 14.8 Å². The van der Waals surface area contributed by atoms with Crippen LogP contribution in [0, 0.1) is 10.1 Å². The third-order valence-corrected chi connectivity index (χ3v) is 5.23. The summed E-state index contributed by atoms with van der Waals surface area (Å²) in [5.41, 5.74) is -0.114. The van der Waals surface area contributed by atoms with Crippen molar-refractivity contribution in [2.45, 2.75) is 17.0 Å². The number of benzene rings is 1. The third-order valence-electron chi connectivity index (χ3n) is 4.32. The second-order valence-electron chi connectivity index (χ2n) is 6.04. The van der Waals surface area contributed by atoms with Gasteiger partial charge in [0.15, 0.2) is 0 Å². The van der Waals surface area contributed by atoms with Crippen LogP contribution >= 0.6 is 0 Å². The van der Waals surface area contributed by atoms with E-state index in [0.717, 1.165) is 25.8 Å². The van der Waals surface area contributed by atoms with E-state index in [1.54, 1.807) is 0 Å². The van der Waals surface area contributed by atoms with Crippen molar-refractivity contribution in [3.63, 3.8) is 0 Å². The van der Waals surface area contributed by atoms with Crippen molar-refractivity contribution in [3.8, 4) is 0 Å². The van der Waals surface area contributed by atoms with Crippen LogP contribution in [-0.4, -0.2) is 69.8 Å². The van der Waals surface area contributed by atoms with E-state index < -0.39 is 14.9 Å². The molecule has 0 aliphatic carbocycles. The summed E-state index contributed by atoms with van der Waals surface area (Å²) in [5.74, 6) is 0. The third kappa shape index (κ3) is 4.25. The van der Waals surface area contributed by atoms with Crippen LogP contribution in [0.5, 0.6) is 0 Å². The number of ether oxygens (including phenoxy) is 2. The molecule has 0 amide bonds. The van der Waals surface area contributed by atoms with Crippen molar-refractivity contribution in [2.75, 3.05) is 44.8 Å². The van der Waals surface area contributed by atoms with E-state index in [-0.39, 0.29) is 22.4 Å². The lowest BCUT2D eigenvalue weighted by molar-refractivity contribution is -0.384. The molecule has 0 radical (unpaired) electrons. The van der Waals surface area contributed by atoms with Crippen LogP contribution in [0.15, 0.2) is 23.1 Å². The molecular weight excluding hydrogens is 352 g/mol. The van der Waals surface area contributed by atoms with E-state index in [2.05, 4.69) is 10.2 Å². The molecule has 1 unspecified atom stereocenters. The average Bonchev–Trinajstić information content (AvgIpc) is 2.50. The molecule has 0 bridgehead atoms. The number of anilines is 1. The Balaban J connectivity index is 1.66. The highest BCUT2D eigenvalue weighted by atomic mass is 32.2. The number of hydrogen-bond donors (Lipinski definition) is 2. The number of nitrogens with two attached hydrogens (primary N) is 1. The van der Waals surface area contributed by atoms with Gasteiger partial charge in [-0.25, -0.2) is 13.6 Å². The number of sulfonamides is 1. The van der Waals surface area contributed by atoms with Crippen LogP contribution in [-0.2, 0) is 19.5 Å². The highest BCUT2D eigenvalue weighted by Gasteiger charge is 2.31. The standard InChI is InChI=1S/C14H20N4O6S/c15-25(21,22)12-1-2-13(14(5-12)18(19)20)16-6-11-7-17(3-4-24-11)10-8-23-9-10/h1-2,5,10-11,16H,3-4,6-9H2,(H2,15,21,22). The van der Waals surface area contributed by atoms with Crippen LogP contribution in [0.25, 0.3) is 0 Å². The normalized spacial score (nSPS) is 22.4. The zero-order chi connectivity index (χ0) is 18.0. The number of hydrogen-bond acceptors (Lipinski definition) is 8. The fourth-order valence-corrected chi connectivity index (χ4v) is 3.38. The Labute approximate surface area is 145 Å². The van der Waals surface area contributed by atoms with Gasteiger partial charge in [0, 0.05) is 25.7 Å². The SMILES string of the molecule is NS(=O)(=O)c1ccc(NCC2CN(C3COC3)CCO2)c([N+](=O)[O-])c1. The van der Waals surface area contributed by atoms with E-state index >= 15 is 0 Å².